The molecule has 2 rings (SSSR count). The summed E-state index contributed by atoms with van der Waals surface area (Å²) in [4.78, 5) is 14.1. The number of hydrogen-bond donors (Lipinski definition) is 3. The van der Waals surface area contributed by atoms with E-state index in [9.17, 15) is 15.0 Å². The summed E-state index contributed by atoms with van der Waals surface area (Å²) in [5, 5.41) is 19.5. The van der Waals surface area contributed by atoms with E-state index in [2.05, 4.69) is 0 Å². The standard InChI is InChI=1S/C14H20N2O3/c15-7-6-10-3-2-8-16(9-10)14(19)13-11(17)4-1-5-12(13)18/h1,4-5,10,17-18H,2-3,6-9,15H2. The maximum Gasteiger partial charge on any atom is 0.261 e. The summed E-state index contributed by atoms with van der Waals surface area (Å²) in [5.74, 6) is -0.245. The third-order valence-electron chi connectivity index (χ3n) is 3.62. The molecule has 0 aromatic heterocycles. The van der Waals surface area contributed by atoms with E-state index in [4.69, 9.17) is 5.73 Å². The lowest BCUT2D eigenvalue weighted by Gasteiger charge is -2.33. The number of aromatic hydroxyl groups is 2. The molecule has 1 aromatic carbocycles. The molecule has 5 nitrogen and oxygen atoms in total. The van der Waals surface area contributed by atoms with Gasteiger partial charge in [0.05, 0.1) is 0 Å². The smallest absolute Gasteiger partial charge is 0.261 e. The number of carbonyl (C=O) groups excluding carboxylic acids is 1. The summed E-state index contributed by atoms with van der Waals surface area (Å²) in [6, 6.07) is 4.33. The summed E-state index contributed by atoms with van der Waals surface area (Å²) < 4.78 is 0. The first kappa shape index (κ1) is 13.7. The Morgan fingerprint density at radius 2 is 2.05 bits per heavy atom. The molecular weight excluding hydrogens is 244 g/mol. The number of nitrogens with two attached hydrogens (primary N) is 1. The molecule has 1 aliphatic rings. The number of rotatable bonds is 3. The fourth-order valence-corrected chi connectivity index (χ4v) is 2.63. The van der Waals surface area contributed by atoms with Crippen molar-refractivity contribution >= 4 is 5.91 Å². The highest BCUT2D eigenvalue weighted by Crippen LogP contribution is 2.29. The molecule has 19 heavy (non-hydrogen) atoms. The van der Waals surface area contributed by atoms with Gasteiger partial charge in [0.2, 0.25) is 0 Å². The van der Waals surface area contributed by atoms with Gasteiger partial charge in [-0.2, -0.15) is 0 Å². The summed E-state index contributed by atoms with van der Waals surface area (Å²) in [6.07, 6.45) is 2.91. The lowest BCUT2D eigenvalue weighted by Crippen LogP contribution is -2.40. The SMILES string of the molecule is NCCC1CCCN(C(=O)c2c(O)cccc2O)C1. The zero-order valence-corrected chi connectivity index (χ0v) is 10.9. The first-order chi connectivity index (χ1) is 9.13. The summed E-state index contributed by atoms with van der Waals surface area (Å²) >= 11 is 0. The van der Waals surface area contributed by atoms with Gasteiger partial charge in [0, 0.05) is 13.1 Å². The molecule has 1 atom stereocenters. The molecule has 0 spiro atoms. The Bertz CT molecular complexity index is 440. The Morgan fingerprint density at radius 1 is 1.37 bits per heavy atom. The monoisotopic (exact) mass is 264 g/mol. The van der Waals surface area contributed by atoms with Crippen molar-refractivity contribution in [3.8, 4) is 11.5 Å². The number of phenols is 2. The lowest BCUT2D eigenvalue weighted by molar-refractivity contribution is 0.0663. The van der Waals surface area contributed by atoms with Crippen LogP contribution in [-0.2, 0) is 0 Å². The average molecular weight is 264 g/mol. The second-order valence-corrected chi connectivity index (χ2v) is 5.01. The van der Waals surface area contributed by atoms with Crippen LogP contribution in [0.1, 0.15) is 29.6 Å². The van der Waals surface area contributed by atoms with Gasteiger partial charge in [-0.1, -0.05) is 6.07 Å². The van der Waals surface area contributed by atoms with Crippen molar-refractivity contribution in [2.75, 3.05) is 19.6 Å². The molecule has 1 aromatic rings. The van der Waals surface area contributed by atoms with Crippen LogP contribution in [0.15, 0.2) is 18.2 Å². The fourth-order valence-electron chi connectivity index (χ4n) is 2.63. The van der Waals surface area contributed by atoms with Crippen molar-refractivity contribution in [1.29, 1.82) is 0 Å². The van der Waals surface area contributed by atoms with Gasteiger partial charge in [0.1, 0.15) is 17.1 Å². The third-order valence-corrected chi connectivity index (χ3v) is 3.62. The molecule has 1 heterocycles. The van der Waals surface area contributed by atoms with Crippen LogP contribution in [0.25, 0.3) is 0 Å². The van der Waals surface area contributed by atoms with Crippen LogP contribution in [0.5, 0.6) is 11.5 Å². The predicted octanol–water partition coefficient (Wildman–Crippen LogP) is 1.30. The maximum absolute atomic E-state index is 12.4. The van der Waals surface area contributed by atoms with Gasteiger partial charge < -0.3 is 20.8 Å². The minimum atomic E-state index is -0.308. The molecule has 5 heteroatoms. The van der Waals surface area contributed by atoms with Crippen LogP contribution in [0.4, 0.5) is 0 Å². The number of carbonyl (C=O) groups is 1. The third kappa shape index (κ3) is 2.98. The maximum atomic E-state index is 12.4. The van der Waals surface area contributed by atoms with E-state index in [-0.39, 0.29) is 23.0 Å². The zero-order chi connectivity index (χ0) is 13.8. The van der Waals surface area contributed by atoms with E-state index in [1.54, 1.807) is 4.90 Å². The minimum Gasteiger partial charge on any atom is -0.507 e. The number of hydrogen-bond acceptors (Lipinski definition) is 4. The van der Waals surface area contributed by atoms with Crippen LogP contribution in [-0.4, -0.2) is 40.7 Å². The summed E-state index contributed by atoms with van der Waals surface area (Å²) in [7, 11) is 0. The molecule has 1 amide bonds. The Morgan fingerprint density at radius 3 is 2.68 bits per heavy atom. The lowest BCUT2D eigenvalue weighted by atomic mass is 9.94. The first-order valence-corrected chi connectivity index (χ1v) is 6.63. The normalized spacial score (nSPS) is 19.4. The van der Waals surface area contributed by atoms with Gasteiger partial charge in [-0.15, -0.1) is 0 Å². The van der Waals surface area contributed by atoms with E-state index in [0.29, 0.717) is 25.6 Å². The molecule has 4 N–H and O–H groups in total. The van der Waals surface area contributed by atoms with E-state index in [0.717, 1.165) is 19.3 Å². The number of nitrogens with zero attached hydrogens (tertiary/aromatic N) is 1. The molecule has 104 valence electrons. The highest BCUT2D eigenvalue weighted by Gasteiger charge is 2.27. The molecule has 1 saturated heterocycles. The number of amides is 1. The van der Waals surface area contributed by atoms with Crippen LogP contribution in [0.3, 0.4) is 0 Å². The zero-order valence-electron chi connectivity index (χ0n) is 10.9. The summed E-state index contributed by atoms with van der Waals surface area (Å²) in [6.45, 7) is 1.92. The van der Waals surface area contributed by atoms with Crippen LogP contribution in [0.2, 0.25) is 0 Å². The minimum absolute atomic E-state index is 0.00380. The highest BCUT2D eigenvalue weighted by atomic mass is 16.3. The Hall–Kier alpha value is -1.75. The van der Waals surface area contributed by atoms with Gasteiger partial charge in [-0.25, -0.2) is 0 Å². The van der Waals surface area contributed by atoms with Crippen molar-refractivity contribution in [3.05, 3.63) is 23.8 Å². The topological polar surface area (TPSA) is 86.8 Å². The van der Waals surface area contributed by atoms with Crippen molar-refractivity contribution in [2.45, 2.75) is 19.3 Å². The average Bonchev–Trinajstić information content (AvgIpc) is 2.39. The van der Waals surface area contributed by atoms with Gasteiger partial charge in [-0.3, -0.25) is 4.79 Å². The Labute approximate surface area is 112 Å². The van der Waals surface area contributed by atoms with Crippen LogP contribution >= 0.6 is 0 Å². The quantitative estimate of drug-likeness (QED) is 0.768. The van der Waals surface area contributed by atoms with Crippen molar-refractivity contribution < 1.29 is 15.0 Å². The van der Waals surface area contributed by atoms with Gasteiger partial charge in [-0.05, 0) is 43.9 Å². The van der Waals surface area contributed by atoms with Gasteiger partial charge >= 0.3 is 0 Å². The molecule has 1 fully saturated rings. The molecule has 0 bridgehead atoms. The number of piperidine rings is 1. The highest BCUT2D eigenvalue weighted by molar-refractivity contribution is 5.99. The molecule has 0 aliphatic carbocycles. The molecular formula is C14H20N2O3. The van der Waals surface area contributed by atoms with E-state index < -0.39 is 0 Å². The molecule has 0 saturated carbocycles. The number of phenolic OH excluding ortho intramolecular Hbond substituents is 2. The van der Waals surface area contributed by atoms with E-state index in [1.807, 2.05) is 0 Å². The van der Waals surface area contributed by atoms with Crippen LogP contribution < -0.4 is 5.73 Å². The Kier molecular flexibility index (Phi) is 4.27. The number of benzene rings is 1. The molecule has 1 aliphatic heterocycles. The van der Waals surface area contributed by atoms with Gasteiger partial charge in [0.25, 0.3) is 5.91 Å². The summed E-state index contributed by atoms with van der Waals surface area (Å²) in [5.41, 5.74) is 5.55. The largest absolute Gasteiger partial charge is 0.507 e. The van der Waals surface area contributed by atoms with Crippen molar-refractivity contribution in [1.82, 2.24) is 4.90 Å². The van der Waals surface area contributed by atoms with Crippen molar-refractivity contribution in [3.63, 3.8) is 0 Å². The predicted molar refractivity (Wildman–Crippen MR) is 72.1 cm³/mol. The number of likely N-dealkylation sites (tertiary alicyclic amines) is 1. The van der Waals surface area contributed by atoms with Gasteiger partial charge in [0.15, 0.2) is 0 Å². The molecule has 1 unspecified atom stereocenters. The first-order valence-electron chi connectivity index (χ1n) is 6.63. The Balaban J connectivity index is 2.15. The van der Waals surface area contributed by atoms with E-state index in [1.165, 1.54) is 18.2 Å². The van der Waals surface area contributed by atoms with E-state index >= 15 is 0 Å². The second kappa shape index (κ2) is 5.93. The molecule has 0 radical (unpaired) electrons. The fraction of sp³-hybridized carbons (Fsp3) is 0.500. The van der Waals surface area contributed by atoms with Crippen molar-refractivity contribution in [2.24, 2.45) is 11.7 Å². The van der Waals surface area contributed by atoms with Crippen LogP contribution in [0, 0.1) is 5.92 Å². The second-order valence-electron chi connectivity index (χ2n) is 5.01.